The maximum absolute atomic E-state index is 13.0. The molecule has 0 saturated heterocycles. The summed E-state index contributed by atoms with van der Waals surface area (Å²) in [6.45, 7) is 2.26. The second-order valence-electron chi connectivity index (χ2n) is 7.57. The number of nitriles is 1. The van der Waals surface area contributed by atoms with Gasteiger partial charge in [-0.15, -0.1) is 0 Å². The number of carboxylic acid groups (broad SMARTS) is 1. The molecule has 3 N–H and O–H groups in total. The van der Waals surface area contributed by atoms with E-state index >= 15 is 0 Å². The molecule has 0 unspecified atom stereocenters. The van der Waals surface area contributed by atoms with Crippen LogP contribution in [0.4, 0.5) is 11.4 Å². The molecule has 2 aromatic rings. The quantitative estimate of drug-likeness (QED) is 0.699. The number of methoxy groups -OCH3 is 1. The molecule has 1 aliphatic heterocycles. The van der Waals surface area contributed by atoms with Gasteiger partial charge in [-0.3, -0.25) is 9.59 Å². The molecule has 0 radical (unpaired) electrons. The monoisotopic (exact) mass is 415 g/mol. The van der Waals surface area contributed by atoms with Gasteiger partial charge in [-0.05, 0) is 59.5 Å². The highest BCUT2D eigenvalue weighted by Crippen LogP contribution is 2.37. The van der Waals surface area contributed by atoms with Gasteiger partial charge in [-0.2, -0.15) is 5.26 Å². The number of nitrogens with zero attached hydrogens (tertiary/aromatic N) is 1. The van der Waals surface area contributed by atoms with Crippen LogP contribution in [0.2, 0.25) is 0 Å². The number of ketones is 1. The lowest BCUT2D eigenvalue weighted by Gasteiger charge is -2.20. The molecule has 4 rings (SSSR count). The second kappa shape index (κ2) is 8.00. The number of hydrogen-bond acceptors (Lipinski definition) is 6. The molecular weight excluding hydrogens is 394 g/mol. The topological polar surface area (TPSA) is 111 Å². The zero-order valence-corrected chi connectivity index (χ0v) is 17.2. The van der Waals surface area contributed by atoms with Crippen LogP contribution in [0.1, 0.15) is 28.7 Å². The van der Waals surface area contributed by atoms with Gasteiger partial charge < -0.3 is 20.5 Å². The van der Waals surface area contributed by atoms with Crippen molar-refractivity contribution in [2.75, 3.05) is 24.3 Å². The molecule has 0 spiro atoms. The first-order valence-corrected chi connectivity index (χ1v) is 9.81. The summed E-state index contributed by atoms with van der Waals surface area (Å²) in [6.07, 6.45) is 2.15. The number of benzene rings is 2. The van der Waals surface area contributed by atoms with Crippen LogP contribution in [-0.4, -0.2) is 30.5 Å². The molecule has 1 heterocycles. The van der Waals surface area contributed by atoms with Crippen molar-refractivity contribution in [3.05, 3.63) is 69.9 Å². The van der Waals surface area contributed by atoms with Gasteiger partial charge in [0, 0.05) is 24.2 Å². The average molecular weight is 415 g/mol. The fourth-order valence-electron chi connectivity index (χ4n) is 3.97. The smallest absolute Gasteiger partial charge is 0.307 e. The van der Waals surface area contributed by atoms with Crippen LogP contribution in [-0.2, 0) is 16.0 Å². The third kappa shape index (κ3) is 3.88. The summed E-state index contributed by atoms with van der Waals surface area (Å²) in [5.74, 6) is -0.410. The molecule has 0 aromatic heterocycles. The normalized spacial score (nSPS) is 14.9. The molecule has 2 aromatic carbocycles. The summed E-state index contributed by atoms with van der Waals surface area (Å²) in [5, 5.41) is 24.9. The number of allylic oxidation sites excluding steroid dienone is 2. The standard InChI is InChI=1S/C24H21N3O4/c1-13-5-16(11-25)23(31-2)10-17(13)15-8-20-18(22(28)9-15)12-26-21-6-14(7-24(29)30)3-4-19(21)27-20/h3-6,8,10,26-27H,7,9,12H2,1-2H3,(H,29,30). The second-order valence-corrected chi connectivity index (χ2v) is 7.57. The molecule has 1 aliphatic carbocycles. The van der Waals surface area contributed by atoms with Crippen molar-refractivity contribution in [2.45, 2.75) is 19.8 Å². The van der Waals surface area contributed by atoms with Gasteiger partial charge in [-0.1, -0.05) is 6.07 Å². The summed E-state index contributed by atoms with van der Waals surface area (Å²) < 4.78 is 5.35. The lowest BCUT2D eigenvalue weighted by molar-refractivity contribution is -0.136. The van der Waals surface area contributed by atoms with Crippen molar-refractivity contribution in [2.24, 2.45) is 0 Å². The van der Waals surface area contributed by atoms with E-state index in [0.717, 1.165) is 28.1 Å². The Balaban J connectivity index is 1.72. The molecule has 7 heteroatoms. The van der Waals surface area contributed by atoms with E-state index in [2.05, 4.69) is 16.7 Å². The summed E-state index contributed by atoms with van der Waals surface area (Å²) in [6, 6.07) is 11.1. The zero-order valence-electron chi connectivity index (χ0n) is 17.2. The van der Waals surface area contributed by atoms with Crippen LogP contribution in [0.25, 0.3) is 5.57 Å². The fourth-order valence-corrected chi connectivity index (χ4v) is 3.97. The molecular formula is C24H21N3O4. The van der Waals surface area contributed by atoms with Crippen molar-refractivity contribution in [3.63, 3.8) is 0 Å². The Hall–Kier alpha value is -4.05. The van der Waals surface area contributed by atoms with Crippen molar-refractivity contribution >= 4 is 28.7 Å². The Morgan fingerprint density at radius 3 is 2.77 bits per heavy atom. The number of carbonyl (C=O) groups excluding carboxylic acids is 1. The van der Waals surface area contributed by atoms with E-state index in [1.165, 1.54) is 7.11 Å². The largest absolute Gasteiger partial charge is 0.495 e. The van der Waals surface area contributed by atoms with Crippen LogP contribution in [0, 0.1) is 18.3 Å². The Kier molecular flexibility index (Phi) is 5.22. The van der Waals surface area contributed by atoms with Crippen molar-refractivity contribution < 1.29 is 19.4 Å². The Morgan fingerprint density at radius 2 is 2.06 bits per heavy atom. The van der Waals surface area contributed by atoms with E-state index in [1.807, 2.05) is 19.1 Å². The SMILES string of the molecule is COc1cc(C2=CC3=C(CNc4cc(CC(=O)O)ccc4N3)C(=O)C2)c(C)cc1C#N. The number of carbonyl (C=O) groups is 2. The van der Waals surface area contributed by atoms with Gasteiger partial charge in [0.1, 0.15) is 11.8 Å². The first kappa shape index (κ1) is 20.2. The van der Waals surface area contributed by atoms with Gasteiger partial charge in [-0.25, -0.2) is 0 Å². The third-order valence-electron chi connectivity index (χ3n) is 5.51. The predicted molar refractivity (Wildman–Crippen MR) is 117 cm³/mol. The average Bonchev–Trinajstić information content (AvgIpc) is 2.92. The summed E-state index contributed by atoms with van der Waals surface area (Å²) in [7, 11) is 1.52. The molecule has 0 saturated carbocycles. The van der Waals surface area contributed by atoms with Crippen LogP contribution in [0.5, 0.6) is 5.75 Å². The first-order chi connectivity index (χ1) is 14.9. The molecule has 0 bridgehead atoms. The molecule has 0 amide bonds. The minimum Gasteiger partial charge on any atom is -0.495 e. The van der Waals surface area contributed by atoms with Crippen LogP contribution in [0.3, 0.4) is 0 Å². The summed E-state index contributed by atoms with van der Waals surface area (Å²) >= 11 is 0. The van der Waals surface area contributed by atoms with E-state index in [0.29, 0.717) is 34.7 Å². The number of nitrogens with one attached hydrogen (secondary N) is 2. The Bertz CT molecular complexity index is 1220. The number of Topliss-reactive ketones (excluding diaryl/α,β-unsaturated/α-hetero) is 1. The number of rotatable bonds is 4. The van der Waals surface area contributed by atoms with Crippen LogP contribution >= 0.6 is 0 Å². The first-order valence-electron chi connectivity index (χ1n) is 9.81. The number of ether oxygens (including phenoxy) is 1. The molecule has 0 fully saturated rings. The van der Waals surface area contributed by atoms with Crippen molar-refractivity contribution in [1.29, 1.82) is 5.26 Å². The van der Waals surface area contributed by atoms with E-state index < -0.39 is 5.97 Å². The minimum atomic E-state index is -0.894. The number of hydrogen-bond donors (Lipinski definition) is 3. The van der Waals surface area contributed by atoms with Gasteiger partial charge in [0.2, 0.25) is 0 Å². The van der Waals surface area contributed by atoms with E-state index in [9.17, 15) is 14.9 Å². The molecule has 7 nitrogen and oxygen atoms in total. The van der Waals surface area contributed by atoms with E-state index in [1.54, 1.807) is 24.3 Å². The van der Waals surface area contributed by atoms with Crippen molar-refractivity contribution in [1.82, 2.24) is 0 Å². The lowest BCUT2D eigenvalue weighted by atomic mass is 9.87. The van der Waals surface area contributed by atoms with Gasteiger partial charge in [0.25, 0.3) is 0 Å². The lowest BCUT2D eigenvalue weighted by Crippen LogP contribution is -2.19. The molecule has 0 atom stereocenters. The summed E-state index contributed by atoms with van der Waals surface area (Å²) in [5.41, 5.74) is 6.65. The third-order valence-corrected chi connectivity index (χ3v) is 5.51. The van der Waals surface area contributed by atoms with Crippen LogP contribution in [0.15, 0.2) is 47.7 Å². The van der Waals surface area contributed by atoms with Gasteiger partial charge in [0.05, 0.1) is 30.5 Å². The van der Waals surface area contributed by atoms with Gasteiger partial charge in [0.15, 0.2) is 5.78 Å². The number of aryl methyl sites for hydroxylation is 1. The summed E-state index contributed by atoms with van der Waals surface area (Å²) in [4.78, 5) is 24.0. The highest BCUT2D eigenvalue weighted by molar-refractivity contribution is 6.07. The van der Waals surface area contributed by atoms with E-state index in [-0.39, 0.29) is 18.6 Å². The highest BCUT2D eigenvalue weighted by Gasteiger charge is 2.26. The Morgan fingerprint density at radius 1 is 1.26 bits per heavy atom. The van der Waals surface area contributed by atoms with Crippen molar-refractivity contribution in [3.8, 4) is 11.8 Å². The highest BCUT2D eigenvalue weighted by atomic mass is 16.5. The molecule has 2 aliphatic rings. The minimum absolute atomic E-state index is 0.00814. The predicted octanol–water partition coefficient (Wildman–Crippen LogP) is 3.65. The molecule has 31 heavy (non-hydrogen) atoms. The van der Waals surface area contributed by atoms with Crippen LogP contribution < -0.4 is 15.4 Å². The van der Waals surface area contributed by atoms with E-state index in [4.69, 9.17) is 9.84 Å². The maximum Gasteiger partial charge on any atom is 0.307 e. The molecule has 156 valence electrons. The fraction of sp³-hybridized carbons (Fsp3) is 0.208. The maximum atomic E-state index is 13.0. The number of aliphatic carboxylic acids is 1. The van der Waals surface area contributed by atoms with Gasteiger partial charge >= 0.3 is 5.97 Å². The Labute approximate surface area is 179 Å². The zero-order chi connectivity index (χ0) is 22.1. The number of anilines is 2. The number of carboxylic acids is 1. The number of fused-ring (bicyclic) bond motifs is 1.